The predicted molar refractivity (Wildman–Crippen MR) is 82.6 cm³/mol. The van der Waals surface area contributed by atoms with Gasteiger partial charge in [-0.05, 0) is 11.6 Å². The Morgan fingerprint density at radius 1 is 1.09 bits per heavy atom. The van der Waals surface area contributed by atoms with Crippen molar-refractivity contribution in [3.8, 4) is 0 Å². The first-order valence-corrected chi connectivity index (χ1v) is 6.57. The van der Waals surface area contributed by atoms with E-state index in [9.17, 15) is 0 Å². The van der Waals surface area contributed by atoms with Crippen LogP contribution in [0.4, 0.5) is 5.95 Å². The van der Waals surface area contributed by atoms with Crippen molar-refractivity contribution in [2.75, 3.05) is 0 Å². The van der Waals surface area contributed by atoms with Gasteiger partial charge in [0.1, 0.15) is 0 Å². The first-order chi connectivity index (χ1) is 10.8. The summed E-state index contributed by atoms with van der Waals surface area (Å²) < 4.78 is 0. The Bertz CT molecular complexity index is 710. The van der Waals surface area contributed by atoms with Crippen LogP contribution in [0.25, 0.3) is 5.57 Å². The molecule has 1 aromatic heterocycles. The topological polar surface area (TPSA) is 113 Å². The van der Waals surface area contributed by atoms with Gasteiger partial charge in [-0.1, -0.05) is 30.3 Å². The summed E-state index contributed by atoms with van der Waals surface area (Å²) in [6, 6.07) is 11.5. The van der Waals surface area contributed by atoms with Gasteiger partial charge in [0, 0.05) is 30.4 Å². The summed E-state index contributed by atoms with van der Waals surface area (Å²) in [5.41, 5.74) is 4.44. The van der Waals surface area contributed by atoms with E-state index in [0.29, 0.717) is 0 Å². The van der Waals surface area contributed by atoms with E-state index in [1.165, 1.54) is 0 Å². The molecule has 0 amide bonds. The minimum atomic E-state index is -1.27. The van der Waals surface area contributed by atoms with Crippen molar-refractivity contribution < 1.29 is 0 Å². The smallest absolute Gasteiger partial charge is 0.316 e. The lowest BCUT2D eigenvalue weighted by Gasteiger charge is -2.26. The van der Waals surface area contributed by atoms with Gasteiger partial charge in [-0.2, -0.15) is 5.43 Å². The molecule has 1 atom stereocenters. The van der Waals surface area contributed by atoms with E-state index in [-0.39, 0.29) is 5.95 Å². The number of nitrogens with one attached hydrogen (secondary N) is 2. The average Bonchev–Trinajstić information content (AvgIpc) is 2.62. The highest BCUT2D eigenvalue weighted by atomic mass is 15.6. The number of hydrogen-bond acceptors (Lipinski definition) is 8. The monoisotopic (exact) mass is 294 g/mol. The molecule has 0 saturated heterocycles. The molecular formula is C14H14N8. The van der Waals surface area contributed by atoms with Crippen LogP contribution in [-0.4, -0.2) is 22.1 Å². The first kappa shape index (κ1) is 14.0. The number of hydrogen-bond donors (Lipinski definition) is 3. The van der Waals surface area contributed by atoms with E-state index in [0.717, 1.165) is 11.1 Å². The summed E-state index contributed by atoms with van der Waals surface area (Å²) in [5.74, 6) is 4.50. The fourth-order valence-corrected chi connectivity index (χ4v) is 1.83. The van der Waals surface area contributed by atoms with Gasteiger partial charge in [-0.15, -0.1) is 10.2 Å². The summed E-state index contributed by atoms with van der Waals surface area (Å²) >= 11 is 0. The summed E-state index contributed by atoms with van der Waals surface area (Å²) in [6.07, 6.45) is 6.60. The zero-order valence-corrected chi connectivity index (χ0v) is 11.6. The second kappa shape index (κ2) is 6.20. The molecule has 0 radical (unpaired) electrons. The Morgan fingerprint density at radius 2 is 1.86 bits per heavy atom. The Balaban J connectivity index is 1.79. The molecule has 0 spiro atoms. The van der Waals surface area contributed by atoms with Crippen LogP contribution in [0.15, 0.2) is 70.2 Å². The molecule has 110 valence electrons. The fraction of sp³-hybridized carbons (Fsp3) is 0.0714. The third-order valence-corrected chi connectivity index (χ3v) is 2.96. The minimum Gasteiger partial charge on any atom is -0.333 e. The maximum absolute atomic E-state index is 5.54. The lowest BCUT2D eigenvalue weighted by molar-refractivity contribution is 0.304. The third kappa shape index (κ3) is 3.03. The zero-order chi connectivity index (χ0) is 15.3. The van der Waals surface area contributed by atoms with Crippen molar-refractivity contribution >= 4 is 17.7 Å². The molecule has 0 aliphatic carbocycles. The Hall–Kier alpha value is -2.97. The number of benzene rings is 1. The average molecular weight is 294 g/mol. The summed E-state index contributed by atoms with van der Waals surface area (Å²) in [4.78, 5) is 12.2. The Morgan fingerprint density at radius 3 is 2.50 bits per heavy atom. The summed E-state index contributed by atoms with van der Waals surface area (Å²) in [7, 11) is 0. The highest BCUT2D eigenvalue weighted by Gasteiger charge is 2.28. The minimum absolute atomic E-state index is 0.229. The second-order valence-electron chi connectivity index (χ2n) is 4.43. The summed E-state index contributed by atoms with van der Waals surface area (Å²) in [5, 5.41) is 11.0. The first-order valence-electron chi connectivity index (χ1n) is 6.57. The number of azo groups is 1. The van der Waals surface area contributed by atoms with E-state index < -0.39 is 5.91 Å². The number of rotatable bonds is 4. The van der Waals surface area contributed by atoms with Crippen molar-refractivity contribution in [3.63, 3.8) is 0 Å². The molecule has 4 N–H and O–H groups in total. The van der Waals surface area contributed by atoms with Crippen molar-refractivity contribution in [3.05, 3.63) is 60.6 Å². The molecule has 0 fully saturated rings. The van der Waals surface area contributed by atoms with Gasteiger partial charge >= 0.3 is 5.91 Å². The molecule has 8 heteroatoms. The lowest BCUT2D eigenvalue weighted by Crippen LogP contribution is -2.56. The maximum Gasteiger partial charge on any atom is 0.316 e. The van der Waals surface area contributed by atoms with Crippen LogP contribution >= 0.6 is 0 Å². The third-order valence-electron chi connectivity index (χ3n) is 2.96. The van der Waals surface area contributed by atoms with Gasteiger partial charge in [-0.3, -0.25) is 5.84 Å². The van der Waals surface area contributed by atoms with Crippen molar-refractivity contribution in [1.29, 1.82) is 0 Å². The van der Waals surface area contributed by atoms with E-state index in [2.05, 4.69) is 35.9 Å². The molecular weight excluding hydrogens is 280 g/mol. The van der Waals surface area contributed by atoms with Crippen LogP contribution in [0.5, 0.6) is 0 Å². The van der Waals surface area contributed by atoms with Gasteiger partial charge in [0.25, 0.3) is 5.95 Å². The van der Waals surface area contributed by atoms with E-state index in [4.69, 9.17) is 5.84 Å². The fourth-order valence-electron chi connectivity index (χ4n) is 1.83. The van der Waals surface area contributed by atoms with Gasteiger partial charge in [0.2, 0.25) is 0 Å². The van der Waals surface area contributed by atoms with Crippen molar-refractivity contribution in [1.82, 2.24) is 20.7 Å². The number of hydrazine groups is 1. The molecule has 3 rings (SSSR count). The van der Waals surface area contributed by atoms with Crippen LogP contribution < -0.4 is 16.6 Å². The maximum atomic E-state index is 5.54. The molecule has 0 bridgehead atoms. The number of aromatic nitrogens is 2. The normalized spacial score (nSPS) is 20.7. The highest BCUT2D eigenvalue weighted by Crippen LogP contribution is 2.18. The molecule has 1 aliphatic heterocycles. The number of nitrogens with zero attached hydrogens (tertiary/aromatic N) is 5. The molecule has 8 nitrogen and oxygen atoms in total. The molecule has 0 saturated carbocycles. The van der Waals surface area contributed by atoms with Gasteiger partial charge in [-0.25, -0.2) is 15.0 Å². The van der Waals surface area contributed by atoms with Crippen LogP contribution in [-0.2, 0) is 0 Å². The molecule has 1 aliphatic rings. The second-order valence-corrected chi connectivity index (χ2v) is 4.43. The van der Waals surface area contributed by atoms with E-state index in [1.807, 2.05) is 30.3 Å². The number of nitrogens with two attached hydrogens (primary N) is 1. The van der Waals surface area contributed by atoms with E-state index in [1.54, 1.807) is 30.9 Å². The Kier molecular flexibility index (Phi) is 3.95. The van der Waals surface area contributed by atoms with Gasteiger partial charge < -0.3 is 5.32 Å². The molecule has 2 heterocycles. The molecule has 22 heavy (non-hydrogen) atoms. The summed E-state index contributed by atoms with van der Waals surface area (Å²) in [6.45, 7) is 0. The largest absolute Gasteiger partial charge is 0.333 e. The highest BCUT2D eigenvalue weighted by molar-refractivity contribution is 6.10. The van der Waals surface area contributed by atoms with Crippen molar-refractivity contribution in [2.45, 2.75) is 5.91 Å². The zero-order valence-electron chi connectivity index (χ0n) is 11.6. The van der Waals surface area contributed by atoms with Crippen LogP contribution in [0.3, 0.4) is 0 Å². The predicted octanol–water partition coefficient (Wildman–Crippen LogP) is 1.35. The van der Waals surface area contributed by atoms with Crippen LogP contribution in [0.2, 0.25) is 0 Å². The lowest BCUT2D eigenvalue weighted by atomic mass is 10.1. The SMILES string of the molecule is NNC1(N=Nc2ncccn2)N=CC(c2ccccc2)=CN1. The Labute approximate surface area is 126 Å². The van der Waals surface area contributed by atoms with E-state index >= 15 is 0 Å². The molecule has 1 aromatic carbocycles. The molecule has 1 unspecified atom stereocenters. The van der Waals surface area contributed by atoms with Crippen LogP contribution in [0, 0.1) is 0 Å². The quantitative estimate of drug-likeness (QED) is 0.447. The standard InChI is InChI=1S/C14H14N8/c15-21-14(22-20-13-16-7-4-8-17-13)18-9-12(10-19-14)11-5-2-1-3-6-11/h1-10,18,21H,15H2. The molecule has 2 aromatic rings. The van der Waals surface area contributed by atoms with Gasteiger partial charge in [0.05, 0.1) is 0 Å². The van der Waals surface area contributed by atoms with Crippen molar-refractivity contribution in [2.24, 2.45) is 21.1 Å². The van der Waals surface area contributed by atoms with Crippen LogP contribution in [0.1, 0.15) is 5.56 Å². The number of allylic oxidation sites excluding steroid dienone is 1. The van der Waals surface area contributed by atoms with Gasteiger partial charge in [0.15, 0.2) is 0 Å². The number of aliphatic imine (C=N–C) groups is 1.